The van der Waals surface area contributed by atoms with Crippen molar-refractivity contribution in [2.24, 2.45) is 0 Å². The average Bonchev–Trinajstić information content (AvgIpc) is 3.27. The second-order valence-corrected chi connectivity index (χ2v) is 11.7. The molecule has 2 aromatic carbocycles. The Balaban J connectivity index is 1.67. The van der Waals surface area contributed by atoms with Gasteiger partial charge in [0.25, 0.3) is 5.91 Å². The van der Waals surface area contributed by atoms with Gasteiger partial charge in [-0.25, -0.2) is 16.8 Å². The molecule has 4 rings (SSSR count). The number of nitrogens with zero attached hydrogens (tertiary/aromatic N) is 2. The van der Waals surface area contributed by atoms with Crippen LogP contribution in [0.4, 0.5) is 5.69 Å². The van der Waals surface area contributed by atoms with Crippen molar-refractivity contribution in [3.8, 4) is 0 Å². The number of fused-ring (bicyclic) bond motifs is 1. The molecule has 0 unspecified atom stereocenters. The highest BCUT2D eigenvalue weighted by Crippen LogP contribution is 2.31. The van der Waals surface area contributed by atoms with E-state index in [4.69, 9.17) is 0 Å². The van der Waals surface area contributed by atoms with Crippen molar-refractivity contribution in [1.29, 1.82) is 0 Å². The van der Waals surface area contributed by atoms with E-state index in [1.807, 2.05) is 0 Å². The molecule has 2 aromatic rings. The topological polar surface area (TPSA) is 91.8 Å². The predicted molar refractivity (Wildman–Crippen MR) is 114 cm³/mol. The molecule has 7 nitrogen and oxygen atoms in total. The number of sulfonamides is 1. The molecule has 1 fully saturated rings. The maximum Gasteiger partial charge on any atom is 0.258 e. The van der Waals surface area contributed by atoms with Crippen LogP contribution in [0.1, 0.15) is 35.2 Å². The van der Waals surface area contributed by atoms with Crippen molar-refractivity contribution in [1.82, 2.24) is 4.31 Å². The van der Waals surface area contributed by atoms with E-state index in [-0.39, 0.29) is 15.7 Å². The summed E-state index contributed by atoms with van der Waals surface area (Å²) in [6.07, 6.45) is 4.24. The van der Waals surface area contributed by atoms with Crippen molar-refractivity contribution >= 4 is 31.5 Å². The molecule has 2 heterocycles. The minimum Gasteiger partial charge on any atom is -0.308 e. The summed E-state index contributed by atoms with van der Waals surface area (Å²) in [6, 6.07) is 11.0. The number of rotatable bonds is 4. The predicted octanol–water partition coefficient (Wildman–Crippen LogP) is 2.47. The van der Waals surface area contributed by atoms with E-state index in [2.05, 4.69) is 0 Å². The summed E-state index contributed by atoms with van der Waals surface area (Å²) in [5.74, 6) is -0.290. The Morgan fingerprint density at radius 3 is 2.30 bits per heavy atom. The normalized spacial score (nSPS) is 17.7. The molecule has 0 aliphatic carbocycles. The summed E-state index contributed by atoms with van der Waals surface area (Å²) in [4.78, 5) is 15.2. The molecule has 9 heteroatoms. The molecule has 0 aromatic heterocycles. The highest BCUT2D eigenvalue weighted by atomic mass is 32.2. The van der Waals surface area contributed by atoms with Gasteiger partial charge in [-0.1, -0.05) is 6.07 Å². The Morgan fingerprint density at radius 2 is 1.60 bits per heavy atom. The van der Waals surface area contributed by atoms with Gasteiger partial charge in [0, 0.05) is 37.1 Å². The monoisotopic (exact) mass is 448 g/mol. The molecular weight excluding hydrogens is 424 g/mol. The first kappa shape index (κ1) is 21.0. The number of carbonyl (C=O) groups excluding carboxylic acids is 1. The van der Waals surface area contributed by atoms with Crippen molar-refractivity contribution in [2.75, 3.05) is 30.8 Å². The Bertz CT molecular complexity index is 1200. The fourth-order valence-electron chi connectivity index (χ4n) is 4.04. The van der Waals surface area contributed by atoms with Gasteiger partial charge in [0.1, 0.15) is 0 Å². The van der Waals surface area contributed by atoms with Crippen molar-refractivity contribution in [3.63, 3.8) is 0 Å². The highest BCUT2D eigenvalue weighted by Gasteiger charge is 2.29. The number of hydrogen-bond acceptors (Lipinski definition) is 5. The quantitative estimate of drug-likeness (QED) is 0.717. The molecule has 1 saturated heterocycles. The molecule has 2 aliphatic rings. The number of hydrogen-bond donors (Lipinski definition) is 0. The summed E-state index contributed by atoms with van der Waals surface area (Å²) in [5.41, 5.74) is 1.78. The molecule has 160 valence electrons. The molecule has 0 radical (unpaired) electrons. The standard InChI is InChI=1S/C21H24N2O5S2/c1-29(25,26)18-9-10-20-16(14-18)7-5-13-23(20)21(24)17-6-4-8-19(15-17)30(27,28)22-11-2-3-12-22/h4,6,8-10,14-15H,2-3,5,7,11-13H2,1H3. The first-order valence-electron chi connectivity index (χ1n) is 9.93. The Hall–Kier alpha value is -2.23. The lowest BCUT2D eigenvalue weighted by Crippen LogP contribution is -2.35. The van der Waals surface area contributed by atoms with Crippen LogP contribution < -0.4 is 4.90 Å². The second kappa shape index (κ2) is 7.79. The summed E-state index contributed by atoms with van der Waals surface area (Å²) < 4.78 is 50.9. The van der Waals surface area contributed by atoms with E-state index in [0.717, 1.165) is 24.7 Å². The zero-order valence-electron chi connectivity index (χ0n) is 16.7. The smallest absolute Gasteiger partial charge is 0.258 e. The van der Waals surface area contributed by atoms with E-state index in [9.17, 15) is 21.6 Å². The van der Waals surface area contributed by atoms with Gasteiger partial charge in [-0.15, -0.1) is 0 Å². The lowest BCUT2D eigenvalue weighted by Gasteiger charge is -2.30. The third-order valence-corrected chi connectivity index (χ3v) is 8.63. The van der Waals surface area contributed by atoms with Crippen LogP contribution in [0.25, 0.3) is 0 Å². The van der Waals surface area contributed by atoms with Crippen LogP contribution in [0.2, 0.25) is 0 Å². The Kier molecular flexibility index (Phi) is 5.46. The number of amides is 1. The zero-order valence-corrected chi connectivity index (χ0v) is 18.4. The zero-order chi connectivity index (χ0) is 21.5. The summed E-state index contributed by atoms with van der Waals surface area (Å²) in [7, 11) is -6.94. The Morgan fingerprint density at radius 1 is 0.867 bits per heavy atom. The molecule has 0 saturated carbocycles. The molecule has 30 heavy (non-hydrogen) atoms. The van der Waals surface area contributed by atoms with Crippen molar-refractivity contribution in [3.05, 3.63) is 53.6 Å². The van der Waals surface area contributed by atoms with Gasteiger partial charge in [-0.05, 0) is 67.6 Å². The molecule has 0 spiro atoms. The third kappa shape index (κ3) is 3.89. The number of sulfone groups is 1. The van der Waals surface area contributed by atoms with Crippen LogP contribution in [-0.2, 0) is 26.3 Å². The molecule has 2 aliphatic heterocycles. The van der Waals surface area contributed by atoms with Gasteiger partial charge >= 0.3 is 0 Å². The minimum absolute atomic E-state index is 0.125. The van der Waals surface area contributed by atoms with Gasteiger partial charge in [0.05, 0.1) is 9.79 Å². The van der Waals surface area contributed by atoms with Crippen molar-refractivity contribution in [2.45, 2.75) is 35.5 Å². The van der Waals surface area contributed by atoms with Crippen LogP contribution in [0, 0.1) is 0 Å². The van der Waals surface area contributed by atoms with Gasteiger partial charge in [-0.2, -0.15) is 4.31 Å². The molecule has 0 atom stereocenters. The van der Waals surface area contributed by atoms with E-state index in [1.165, 1.54) is 22.5 Å². The van der Waals surface area contributed by atoms with E-state index >= 15 is 0 Å². The van der Waals surface area contributed by atoms with E-state index in [1.54, 1.807) is 29.2 Å². The third-order valence-electron chi connectivity index (χ3n) is 5.63. The summed E-state index contributed by atoms with van der Waals surface area (Å²) in [5, 5.41) is 0. The number of benzene rings is 2. The fourth-order valence-corrected chi connectivity index (χ4v) is 6.27. The van der Waals surface area contributed by atoms with Gasteiger partial charge in [0.15, 0.2) is 9.84 Å². The highest BCUT2D eigenvalue weighted by molar-refractivity contribution is 7.90. The largest absolute Gasteiger partial charge is 0.308 e. The fraction of sp³-hybridized carbons (Fsp3) is 0.381. The van der Waals surface area contributed by atoms with E-state index < -0.39 is 19.9 Å². The molecule has 0 N–H and O–H groups in total. The lowest BCUT2D eigenvalue weighted by atomic mass is 10.0. The van der Waals surface area contributed by atoms with Gasteiger partial charge in [-0.3, -0.25) is 4.79 Å². The summed E-state index contributed by atoms with van der Waals surface area (Å²) >= 11 is 0. The Labute approximate surface area is 177 Å². The van der Waals surface area contributed by atoms with Crippen molar-refractivity contribution < 1.29 is 21.6 Å². The van der Waals surface area contributed by atoms with E-state index in [0.29, 0.717) is 43.7 Å². The first-order valence-corrected chi connectivity index (χ1v) is 13.3. The number of aryl methyl sites for hydroxylation is 1. The maximum absolute atomic E-state index is 13.2. The van der Waals surface area contributed by atoms with Gasteiger partial charge in [0.2, 0.25) is 10.0 Å². The van der Waals surface area contributed by atoms with Crippen LogP contribution in [0.3, 0.4) is 0 Å². The molecular formula is C21H24N2O5S2. The van der Waals surface area contributed by atoms with Crippen LogP contribution >= 0.6 is 0 Å². The number of anilines is 1. The van der Waals surface area contributed by atoms with Crippen LogP contribution in [0.15, 0.2) is 52.3 Å². The summed E-state index contributed by atoms with van der Waals surface area (Å²) in [6.45, 7) is 1.50. The minimum atomic E-state index is -3.61. The average molecular weight is 449 g/mol. The lowest BCUT2D eigenvalue weighted by molar-refractivity contribution is 0.0985. The first-order chi connectivity index (χ1) is 14.2. The van der Waals surface area contributed by atoms with Gasteiger partial charge < -0.3 is 4.90 Å². The molecule has 1 amide bonds. The second-order valence-electron chi connectivity index (χ2n) is 7.76. The van der Waals surface area contributed by atoms with Crippen LogP contribution in [-0.4, -0.2) is 52.9 Å². The maximum atomic E-state index is 13.2. The number of carbonyl (C=O) groups is 1. The molecule has 0 bridgehead atoms. The van der Waals surface area contributed by atoms with Crippen LogP contribution in [0.5, 0.6) is 0 Å². The SMILES string of the molecule is CS(=O)(=O)c1ccc2c(c1)CCCN2C(=O)c1cccc(S(=O)(=O)N2CCCC2)c1.